The number of halogens is 1. The summed E-state index contributed by atoms with van der Waals surface area (Å²) in [6.45, 7) is 4.96. The van der Waals surface area contributed by atoms with Gasteiger partial charge in [0.15, 0.2) is 0 Å². The van der Waals surface area contributed by atoms with Gasteiger partial charge in [-0.2, -0.15) is 0 Å². The Morgan fingerprint density at radius 1 is 1.60 bits per heavy atom. The van der Waals surface area contributed by atoms with Gasteiger partial charge < -0.3 is 10.4 Å². The SMILES string of the molecule is CC1CC(C)(O)CCN1.Cl. The van der Waals surface area contributed by atoms with Crippen LogP contribution in [-0.4, -0.2) is 23.3 Å². The molecule has 1 heterocycles. The van der Waals surface area contributed by atoms with Crippen molar-refractivity contribution >= 4 is 12.4 Å². The first-order valence-corrected chi connectivity index (χ1v) is 3.56. The van der Waals surface area contributed by atoms with Gasteiger partial charge in [0.2, 0.25) is 0 Å². The van der Waals surface area contributed by atoms with Crippen LogP contribution in [0.25, 0.3) is 0 Å². The fraction of sp³-hybridized carbons (Fsp3) is 1.00. The minimum absolute atomic E-state index is 0. The van der Waals surface area contributed by atoms with E-state index in [1.54, 1.807) is 0 Å². The summed E-state index contributed by atoms with van der Waals surface area (Å²) in [4.78, 5) is 0. The summed E-state index contributed by atoms with van der Waals surface area (Å²) in [6, 6.07) is 0.480. The molecule has 0 aliphatic carbocycles. The molecular weight excluding hydrogens is 150 g/mol. The maximum atomic E-state index is 9.50. The Kier molecular flexibility index (Phi) is 3.63. The second kappa shape index (κ2) is 3.56. The van der Waals surface area contributed by atoms with Gasteiger partial charge in [0, 0.05) is 6.04 Å². The standard InChI is InChI=1S/C7H15NO.ClH/c1-6-5-7(2,9)3-4-8-6;/h6,8-9H,3-5H2,1-2H3;1H. The van der Waals surface area contributed by atoms with Gasteiger partial charge in [-0.3, -0.25) is 0 Å². The summed E-state index contributed by atoms with van der Waals surface area (Å²) in [6.07, 6.45) is 1.77. The third kappa shape index (κ3) is 2.86. The van der Waals surface area contributed by atoms with Crippen molar-refractivity contribution in [3.8, 4) is 0 Å². The summed E-state index contributed by atoms with van der Waals surface area (Å²) >= 11 is 0. The van der Waals surface area contributed by atoms with E-state index in [1.807, 2.05) is 6.92 Å². The number of aliphatic hydroxyl groups is 1. The molecule has 2 nitrogen and oxygen atoms in total. The van der Waals surface area contributed by atoms with Crippen LogP contribution in [0.15, 0.2) is 0 Å². The molecule has 0 amide bonds. The van der Waals surface area contributed by atoms with Crippen molar-refractivity contribution in [1.29, 1.82) is 0 Å². The van der Waals surface area contributed by atoms with Crippen molar-refractivity contribution in [2.24, 2.45) is 0 Å². The number of hydrogen-bond donors (Lipinski definition) is 2. The lowest BCUT2D eigenvalue weighted by Gasteiger charge is -2.32. The lowest BCUT2D eigenvalue weighted by atomic mass is 9.91. The van der Waals surface area contributed by atoms with E-state index in [4.69, 9.17) is 0 Å². The maximum Gasteiger partial charge on any atom is 0.0646 e. The van der Waals surface area contributed by atoms with E-state index in [0.717, 1.165) is 19.4 Å². The lowest BCUT2D eigenvalue weighted by Crippen LogP contribution is -2.44. The molecular formula is C7H16ClNO. The van der Waals surface area contributed by atoms with Crippen LogP contribution in [0.3, 0.4) is 0 Å². The van der Waals surface area contributed by atoms with E-state index in [0.29, 0.717) is 6.04 Å². The van der Waals surface area contributed by atoms with Gasteiger partial charge in [0.05, 0.1) is 5.60 Å². The van der Waals surface area contributed by atoms with Crippen molar-refractivity contribution in [1.82, 2.24) is 5.32 Å². The summed E-state index contributed by atoms with van der Waals surface area (Å²) in [5.41, 5.74) is -0.412. The van der Waals surface area contributed by atoms with Crippen molar-refractivity contribution in [3.63, 3.8) is 0 Å². The van der Waals surface area contributed by atoms with E-state index >= 15 is 0 Å². The van der Waals surface area contributed by atoms with Crippen LogP contribution >= 0.6 is 12.4 Å². The average Bonchev–Trinajstić information content (AvgIpc) is 1.60. The molecule has 62 valence electrons. The average molecular weight is 166 g/mol. The van der Waals surface area contributed by atoms with Gasteiger partial charge in [-0.15, -0.1) is 12.4 Å². The van der Waals surface area contributed by atoms with Gasteiger partial charge in [-0.1, -0.05) is 0 Å². The minimum atomic E-state index is -0.412. The number of rotatable bonds is 0. The normalized spacial score (nSPS) is 40.5. The molecule has 0 bridgehead atoms. The largest absolute Gasteiger partial charge is 0.390 e. The quantitative estimate of drug-likeness (QED) is 0.560. The van der Waals surface area contributed by atoms with Crippen LogP contribution < -0.4 is 5.32 Å². The predicted molar refractivity (Wildman–Crippen MR) is 44.6 cm³/mol. The third-order valence-electron chi connectivity index (χ3n) is 1.90. The van der Waals surface area contributed by atoms with Gasteiger partial charge >= 0.3 is 0 Å². The zero-order valence-electron chi connectivity index (χ0n) is 6.55. The van der Waals surface area contributed by atoms with Crippen molar-refractivity contribution in [2.75, 3.05) is 6.54 Å². The second-order valence-electron chi connectivity index (χ2n) is 3.31. The Morgan fingerprint density at radius 2 is 2.20 bits per heavy atom. The first-order chi connectivity index (χ1) is 4.10. The topological polar surface area (TPSA) is 32.3 Å². The maximum absolute atomic E-state index is 9.50. The zero-order valence-corrected chi connectivity index (χ0v) is 7.37. The molecule has 0 aromatic heterocycles. The van der Waals surface area contributed by atoms with Gasteiger partial charge in [0.25, 0.3) is 0 Å². The highest BCUT2D eigenvalue weighted by molar-refractivity contribution is 5.85. The molecule has 1 fully saturated rings. The van der Waals surface area contributed by atoms with Crippen LogP contribution in [0.1, 0.15) is 26.7 Å². The van der Waals surface area contributed by atoms with E-state index in [2.05, 4.69) is 12.2 Å². The van der Waals surface area contributed by atoms with Gasteiger partial charge in [-0.05, 0) is 33.2 Å². The number of nitrogens with one attached hydrogen (secondary N) is 1. The molecule has 0 aromatic rings. The van der Waals surface area contributed by atoms with E-state index in [-0.39, 0.29) is 12.4 Å². The Bertz CT molecular complexity index is 106. The molecule has 1 aliphatic rings. The fourth-order valence-corrected chi connectivity index (χ4v) is 1.42. The number of hydrogen-bond acceptors (Lipinski definition) is 2. The molecule has 0 spiro atoms. The molecule has 2 atom stereocenters. The molecule has 0 saturated carbocycles. The van der Waals surface area contributed by atoms with Crippen LogP contribution in [0.5, 0.6) is 0 Å². The summed E-state index contributed by atoms with van der Waals surface area (Å²) in [5.74, 6) is 0. The Balaban J connectivity index is 0.000000810. The highest BCUT2D eigenvalue weighted by atomic mass is 35.5. The Hall–Kier alpha value is 0.210. The monoisotopic (exact) mass is 165 g/mol. The molecule has 0 radical (unpaired) electrons. The van der Waals surface area contributed by atoms with Crippen molar-refractivity contribution in [2.45, 2.75) is 38.3 Å². The Labute approximate surface area is 68.4 Å². The first-order valence-electron chi connectivity index (χ1n) is 3.56. The zero-order chi connectivity index (χ0) is 6.91. The molecule has 10 heavy (non-hydrogen) atoms. The molecule has 2 unspecified atom stereocenters. The van der Waals surface area contributed by atoms with E-state index in [1.165, 1.54) is 0 Å². The molecule has 1 aliphatic heterocycles. The number of piperidine rings is 1. The summed E-state index contributed by atoms with van der Waals surface area (Å²) in [5, 5.41) is 12.8. The fourth-order valence-electron chi connectivity index (χ4n) is 1.42. The third-order valence-corrected chi connectivity index (χ3v) is 1.90. The van der Waals surface area contributed by atoms with Crippen molar-refractivity contribution in [3.05, 3.63) is 0 Å². The smallest absolute Gasteiger partial charge is 0.0646 e. The summed E-state index contributed by atoms with van der Waals surface area (Å²) in [7, 11) is 0. The van der Waals surface area contributed by atoms with Crippen LogP contribution in [-0.2, 0) is 0 Å². The second-order valence-corrected chi connectivity index (χ2v) is 3.31. The molecule has 1 rings (SSSR count). The van der Waals surface area contributed by atoms with Crippen LogP contribution in [0.4, 0.5) is 0 Å². The lowest BCUT2D eigenvalue weighted by molar-refractivity contribution is 0.0162. The molecule has 0 aromatic carbocycles. The van der Waals surface area contributed by atoms with E-state index in [9.17, 15) is 5.11 Å². The van der Waals surface area contributed by atoms with Gasteiger partial charge in [0.1, 0.15) is 0 Å². The highest BCUT2D eigenvalue weighted by Gasteiger charge is 2.26. The van der Waals surface area contributed by atoms with Crippen LogP contribution in [0, 0.1) is 0 Å². The highest BCUT2D eigenvalue weighted by Crippen LogP contribution is 2.19. The van der Waals surface area contributed by atoms with E-state index < -0.39 is 5.60 Å². The minimum Gasteiger partial charge on any atom is -0.390 e. The van der Waals surface area contributed by atoms with Gasteiger partial charge in [-0.25, -0.2) is 0 Å². The van der Waals surface area contributed by atoms with Crippen LogP contribution in [0.2, 0.25) is 0 Å². The van der Waals surface area contributed by atoms with Crippen molar-refractivity contribution < 1.29 is 5.11 Å². The predicted octanol–water partition coefficient (Wildman–Crippen LogP) is 0.931. The molecule has 2 N–H and O–H groups in total. The summed E-state index contributed by atoms with van der Waals surface area (Å²) < 4.78 is 0. The Morgan fingerprint density at radius 3 is 2.50 bits per heavy atom. The molecule has 3 heteroatoms. The molecule has 1 saturated heterocycles. The first kappa shape index (κ1) is 10.2.